The number of aromatic nitrogens is 3. The van der Waals surface area contributed by atoms with Crippen LogP contribution in [-0.2, 0) is 0 Å². The number of para-hydroxylation sites is 1. The highest BCUT2D eigenvalue weighted by Crippen LogP contribution is 2.43. The van der Waals surface area contributed by atoms with E-state index in [0.29, 0.717) is 12.0 Å². The van der Waals surface area contributed by atoms with Crippen molar-refractivity contribution in [2.75, 3.05) is 5.32 Å². The number of rotatable bonds is 3. The summed E-state index contributed by atoms with van der Waals surface area (Å²) in [5.41, 5.74) is 4.47. The molecule has 0 bridgehead atoms. The number of benzene rings is 2. The van der Waals surface area contributed by atoms with E-state index in [4.69, 9.17) is 0 Å². The standard InChI is InChI=1S/C19H16N4/c1-2-6-12(7-3-1)14-10-16(14)23-19-18-17(20-11-21-19)13-8-4-5-9-15(13)22-18/h1-9,11,14,16,22H,10H2,(H,20,21,23). The average Bonchev–Trinajstić information content (AvgIpc) is 3.26. The number of nitrogens with zero attached hydrogens (tertiary/aromatic N) is 2. The van der Waals surface area contributed by atoms with Crippen LogP contribution < -0.4 is 5.32 Å². The lowest BCUT2D eigenvalue weighted by atomic mass is 10.1. The number of aromatic amines is 1. The van der Waals surface area contributed by atoms with Crippen LogP contribution >= 0.6 is 0 Å². The topological polar surface area (TPSA) is 53.6 Å². The molecule has 0 spiro atoms. The van der Waals surface area contributed by atoms with Crippen molar-refractivity contribution in [3.05, 3.63) is 66.5 Å². The van der Waals surface area contributed by atoms with Gasteiger partial charge in [0.15, 0.2) is 5.82 Å². The summed E-state index contributed by atoms with van der Waals surface area (Å²) in [6.45, 7) is 0. The first-order valence-corrected chi connectivity index (χ1v) is 7.93. The Morgan fingerprint density at radius 3 is 2.70 bits per heavy atom. The van der Waals surface area contributed by atoms with E-state index in [2.05, 4.69) is 62.7 Å². The van der Waals surface area contributed by atoms with Gasteiger partial charge >= 0.3 is 0 Å². The molecule has 4 aromatic rings. The molecule has 0 radical (unpaired) electrons. The van der Waals surface area contributed by atoms with Crippen molar-refractivity contribution in [2.45, 2.75) is 18.4 Å². The minimum absolute atomic E-state index is 0.446. The van der Waals surface area contributed by atoms with Crippen LogP contribution in [0.3, 0.4) is 0 Å². The second-order valence-corrected chi connectivity index (χ2v) is 6.12. The summed E-state index contributed by atoms with van der Waals surface area (Å²) < 4.78 is 0. The van der Waals surface area contributed by atoms with Crippen LogP contribution in [0, 0.1) is 0 Å². The molecule has 1 aliphatic rings. The van der Waals surface area contributed by atoms with Crippen LogP contribution in [0.1, 0.15) is 17.9 Å². The largest absolute Gasteiger partial charge is 0.365 e. The molecule has 1 fully saturated rings. The molecule has 1 saturated carbocycles. The molecule has 2 atom stereocenters. The van der Waals surface area contributed by atoms with Crippen LogP contribution in [0.5, 0.6) is 0 Å². The average molecular weight is 300 g/mol. The minimum atomic E-state index is 0.446. The summed E-state index contributed by atoms with van der Waals surface area (Å²) >= 11 is 0. The monoisotopic (exact) mass is 300 g/mol. The van der Waals surface area contributed by atoms with Gasteiger partial charge in [-0.3, -0.25) is 0 Å². The van der Waals surface area contributed by atoms with Crippen molar-refractivity contribution in [2.24, 2.45) is 0 Å². The Balaban J connectivity index is 1.50. The maximum absolute atomic E-state index is 4.46. The summed E-state index contributed by atoms with van der Waals surface area (Å²) in [6.07, 6.45) is 2.79. The van der Waals surface area contributed by atoms with E-state index in [1.807, 2.05) is 12.1 Å². The molecular weight excluding hydrogens is 284 g/mol. The molecular formula is C19H16N4. The molecule has 5 rings (SSSR count). The van der Waals surface area contributed by atoms with Crippen molar-refractivity contribution in [1.29, 1.82) is 0 Å². The van der Waals surface area contributed by atoms with Crippen molar-refractivity contribution in [1.82, 2.24) is 15.0 Å². The predicted molar refractivity (Wildman–Crippen MR) is 92.6 cm³/mol. The smallest absolute Gasteiger partial charge is 0.154 e. The van der Waals surface area contributed by atoms with E-state index in [1.54, 1.807) is 6.33 Å². The summed E-state index contributed by atoms with van der Waals surface area (Å²) in [5, 5.41) is 4.73. The van der Waals surface area contributed by atoms with E-state index in [-0.39, 0.29) is 0 Å². The van der Waals surface area contributed by atoms with Gasteiger partial charge in [-0.25, -0.2) is 9.97 Å². The highest BCUT2D eigenvalue weighted by atomic mass is 15.1. The second kappa shape index (κ2) is 4.81. The lowest BCUT2D eigenvalue weighted by Crippen LogP contribution is -2.06. The Morgan fingerprint density at radius 1 is 0.957 bits per heavy atom. The fourth-order valence-electron chi connectivity index (χ4n) is 3.35. The molecule has 112 valence electrons. The van der Waals surface area contributed by atoms with Crippen LogP contribution in [0.2, 0.25) is 0 Å². The summed E-state index contributed by atoms with van der Waals surface area (Å²) in [6, 6.07) is 19.3. The Labute approximate surface area is 133 Å². The molecule has 2 aromatic heterocycles. The van der Waals surface area contributed by atoms with E-state index in [0.717, 1.165) is 34.2 Å². The number of anilines is 1. The van der Waals surface area contributed by atoms with Gasteiger partial charge in [-0.15, -0.1) is 0 Å². The summed E-state index contributed by atoms with van der Waals surface area (Å²) in [5.74, 6) is 1.47. The molecule has 23 heavy (non-hydrogen) atoms. The predicted octanol–water partition coefficient (Wildman–Crippen LogP) is 4.08. The third kappa shape index (κ3) is 2.06. The number of hydrogen-bond donors (Lipinski definition) is 2. The molecule has 1 aliphatic carbocycles. The summed E-state index contributed by atoms with van der Waals surface area (Å²) in [4.78, 5) is 12.4. The fourth-order valence-corrected chi connectivity index (χ4v) is 3.35. The lowest BCUT2D eigenvalue weighted by molar-refractivity contribution is 1.03. The maximum Gasteiger partial charge on any atom is 0.154 e. The molecule has 0 saturated heterocycles. The molecule has 2 aromatic carbocycles. The van der Waals surface area contributed by atoms with E-state index >= 15 is 0 Å². The van der Waals surface area contributed by atoms with Crippen molar-refractivity contribution in [3.63, 3.8) is 0 Å². The highest BCUT2D eigenvalue weighted by molar-refractivity contribution is 6.07. The number of nitrogens with one attached hydrogen (secondary N) is 2. The Morgan fingerprint density at radius 2 is 1.78 bits per heavy atom. The van der Waals surface area contributed by atoms with Gasteiger partial charge in [-0.05, 0) is 18.1 Å². The third-order valence-corrected chi connectivity index (χ3v) is 4.63. The van der Waals surface area contributed by atoms with Crippen molar-refractivity contribution < 1.29 is 0 Å². The number of H-pyrrole nitrogens is 1. The molecule has 0 aliphatic heterocycles. The van der Waals surface area contributed by atoms with Gasteiger partial charge in [0.25, 0.3) is 0 Å². The van der Waals surface area contributed by atoms with Gasteiger partial charge in [0, 0.05) is 22.9 Å². The Hall–Kier alpha value is -2.88. The lowest BCUT2D eigenvalue weighted by Gasteiger charge is -2.06. The minimum Gasteiger partial charge on any atom is -0.365 e. The first kappa shape index (κ1) is 12.6. The third-order valence-electron chi connectivity index (χ3n) is 4.63. The quantitative estimate of drug-likeness (QED) is 0.599. The molecule has 2 heterocycles. The van der Waals surface area contributed by atoms with Crippen molar-refractivity contribution in [3.8, 4) is 0 Å². The Bertz CT molecular complexity index is 990. The molecule has 2 unspecified atom stereocenters. The number of fused-ring (bicyclic) bond motifs is 3. The normalized spacial score (nSPS) is 20.0. The van der Waals surface area contributed by atoms with E-state index in [1.165, 1.54) is 5.56 Å². The zero-order valence-electron chi connectivity index (χ0n) is 12.5. The Kier molecular flexibility index (Phi) is 2.65. The molecule has 2 N–H and O–H groups in total. The van der Waals surface area contributed by atoms with E-state index < -0.39 is 0 Å². The van der Waals surface area contributed by atoms with Gasteiger partial charge in [0.1, 0.15) is 17.4 Å². The van der Waals surface area contributed by atoms with Crippen molar-refractivity contribution >= 4 is 27.8 Å². The van der Waals surface area contributed by atoms with Crippen LogP contribution in [0.4, 0.5) is 5.82 Å². The van der Waals surface area contributed by atoms with Crippen LogP contribution in [0.15, 0.2) is 60.9 Å². The van der Waals surface area contributed by atoms with Gasteiger partial charge in [-0.2, -0.15) is 0 Å². The van der Waals surface area contributed by atoms with Gasteiger partial charge < -0.3 is 10.3 Å². The van der Waals surface area contributed by atoms with Crippen LogP contribution in [-0.4, -0.2) is 21.0 Å². The van der Waals surface area contributed by atoms with E-state index in [9.17, 15) is 0 Å². The van der Waals surface area contributed by atoms with Gasteiger partial charge in [0.05, 0.1) is 0 Å². The molecule has 4 nitrogen and oxygen atoms in total. The van der Waals surface area contributed by atoms with Gasteiger partial charge in [-0.1, -0.05) is 48.5 Å². The molecule has 4 heteroatoms. The summed E-state index contributed by atoms with van der Waals surface area (Å²) in [7, 11) is 0. The maximum atomic E-state index is 4.46. The second-order valence-electron chi connectivity index (χ2n) is 6.12. The zero-order valence-corrected chi connectivity index (χ0v) is 12.5. The molecule has 0 amide bonds. The first-order valence-electron chi connectivity index (χ1n) is 7.93. The first-order chi connectivity index (χ1) is 11.4. The van der Waals surface area contributed by atoms with Gasteiger partial charge in [0.2, 0.25) is 0 Å². The highest BCUT2D eigenvalue weighted by Gasteiger charge is 2.38. The number of hydrogen-bond acceptors (Lipinski definition) is 3. The zero-order chi connectivity index (χ0) is 15.2. The van der Waals surface area contributed by atoms with Crippen LogP contribution in [0.25, 0.3) is 21.9 Å². The fraction of sp³-hybridized carbons (Fsp3) is 0.158. The SMILES string of the molecule is c1ccc(C2CC2Nc2ncnc3c2[nH]c2ccccc23)cc1.